The van der Waals surface area contributed by atoms with Crippen LogP contribution in [0.25, 0.3) is 0 Å². The number of nitrogens with two attached hydrogens (primary N) is 1. The van der Waals surface area contributed by atoms with Crippen molar-refractivity contribution in [2.24, 2.45) is 5.73 Å². The number of nitrogens with zero attached hydrogens (tertiary/aromatic N) is 1. The van der Waals surface area contributed by atoms with Crippen molar-refractivity contribution in [2.75, 3.05) is 11.4 Å². The molecule has 0 saturated heterocycles. The lowest BCUT2D eigenvalue weighted by atomic mass is 10.0. The average molecular weight is 458 g/mol. The molecule has 0 radical (unpaired) electrons. The maximum Gasteiger partial charge on any atom is 0.312 e. The molecule has 9 heteroatoms. The van der Waals surface area contributed by atoms with Crippen LogP contribution in [0, 0.1) is 0 Å². The van der Waals surface area contributed by atoms with E-state index < -0.39 is 24.1 Å². The molecule has 2 atom stereocenters. The molecule has 0 fully saturated rings. The smallest absolute Gasteiger partial charge is 0.312 e. The molecule has 0 bridgehead atoms. The van der Waals surface area contributed by atoms with Gasteiger partial charge in [0.15, 0.2) is 6.10 Å². The van der Waals surface area contributed by atoms with Gasteiger partial charge in [0.25, 0.3) is 0 Å². The highest BCUT2D eigenvalue weighted by Gasteiger charge is 2.26. The van der Waals surface area contributed by atoms with Crippen LogP contribution in [0.15, 0.2) is 42.5 Å². The molecular weight excluding hydrogens is 434 g/mol. The lowest BCUT2D eigenvalue weighted by molar-refractivity contribution is -0.146. The molecular formula is C23H24ClN3O5. The van der Waals surface area contributed by atoms with E-state index in [9.17, 15) is 19.2 Å². The standard InChI is InChI=1S/C23H24ClN3O5/c1-13(22(30)17-5-8-20-16(11-17)9-10-27(20)14(2)28)32-21(29)12-19(26-23(25)31)15-3-6-18(24)7-4-15/h3-8,11,13,19H,9-10,12H2,1-2H3,(H3,25,26,31)/t13-,19+/m1/s1. The SMILES string of the molecule is CC(=O)N1CCc2cc(C(=O)[C@@H](C)OC(=O)C[C@H](NC(N)=O)c3ccc(Cl)cc3)ccc21. The van der Waals surface area contributed by atoms with Crippen LogP contribution in [0.5, 0.6) is 0 Å². The number of amides is 3. The molecule has 3 N–H and O–H groups in total. The molecule has 8 nitrogen and oxygen atoms in total. The van der Waals surface area contributed by atoms with Crippen LogP contribution in [0.3, 0.4) is 0 Å². The number of urea groups is 1. The first kappa shape index (κ1) is 23.3. The number of hydrogen-bond acceptors (Lipinski definition) is 5. The molecule has 1 aliphatic rings. The Balaban J connectivity index is 1.66. The van der Waals surface area contributed by atoms with Crippen LogP contribution in [-0.4, -0.2) is 36.3 Å². The summed E-state index contributed by atoms with van der Waals surface area (Å²) in [5.41, 5.74) is 7.95. The minimum absolute atomic E-state index is 0.0510. The van der Waals surface area contributed by atoms with E-state index in [-0.39, 0.29) is 18.1 Å². The molecule has 1 aliphatic heterocycles. The van der Waals surface area contributed by atoms with Crippen molar-refractivity contribution >= 4 is 41.0 Å². The summed E-state index contributed by atoms with van der Waals surface area (Å²) in [7, 11) is 0. The Bertz CT molecular complexity index is 1050. The number of Topliss-reactive ketones (excluding diaryl/α,β-unsaturated/α-hetero) is 1. The quantitative estimate of drug-likeness (QED) is 0.489. The van der Waals surface area contributed by atoms with Crippen LogP contribution in [-0.2, 0) is 20.7 Å². The van der Waals surface area contributed by atoms with E-state index in [4.69, 9.17) is 22.1 Å². The third-order valence-corrected chi connectivity index (χ3v) is 5.53. The topological polar surface area (TPSA) is 119 Å². The number of hydrogen-bond donors (Lipinski definition) is 2. The zero-order valence-corrected chi connectivity index (χ0v) is 18.5. The van der Waals surface area contributed by atoms with Crippen LogP contribution in [0.4, 0.5) is 10.5 Å². The van der Waals surface area contributed by atoms with Gasteiger partial charge >= 0.3 is 12.0 Å². The molecule has 1 heterocycles. The molecule has 2 aromatic rings. The van der Waals surface area contributed by atoms with E-state index in [1.165, 1.54) is 13.8 Å². The number of benzene rings is 2. The lowest BCUT2D eigenvalue weighted by Crippen LogP contribution is -2.35. The number of rotatable bonds is 7. The molecule has 168 valence electrons. The van der Waals surface area contributed by atoms with E-state index in [2.05, 4.69) is 5.32 Å². The van der Waals surface area contributed by atoms with Gasteiger partial charge in [-0.1, -0.05) is 23.7 Å². The number of anilines is 1. The van der Waals surface area contributed by atoms with Gasteiger partial charge in [-0.15, -0.1) is 0 Å². The Morgan fingerprint density at radius 1 is 1.16 bits per heavy atom. The number of ketones is 1. The minimum Gasteiger partial charge on any atom is -0.454 e. The fraction of sp³-hybridized carbons (Fsp3) is 0.304. The summed E-state index contributed by atoms with van der Waals surface area (Å²) in [4.78, 5) is 50.0. The number of halogens is 1. The van der Waals surface area contributed by atoms with Gasteiger partial charge in [-0.25, -0.2) is 4.79 Å². The van der Waals surface area contributed by atoms with Crippen molar-refractivity contribution in [2.45, 2.75) is 38.8 Å². The number of primary amides is 1. The Hall–Kier alpha value is -3.39. The van der Waals surface area contributed by atoms with Crippen molar-refractivity contribution in [3.63, 3.8) is 0 Å². The predicted molar refractivity (Wildman–Crippen MR) is 120 cm³/mol. The van der Waals surface area contributed by atoms with Gasteiger partial charge in [-0.05, 0) is 54.8 Å². The number of ether oxygens (including phenoxy) is 1. The van der Waals surface area contributed by atoms with Gasteiger partial charge in [0.2, 0.25) is 11.7 Å². The molecule has 0 saturated carbocycles. The van der Waals surface area contributed by atoms with E-state index in [0.29, 0.717) is 29.1 Å². The Morgan fingerprint density at radius 3 is 2.47 bits per heavy atom. The number of esters is 1. The van der Waals surface area contributed by atoms with Crippen molar-refractivity contribution in [1.29, 1.82) is 0 Å². The van der Waals surface area contributed by atoms with Gasteiger partial charge in [0.1, 0.15) is 0 Å². The number of carbonyl (C=O) groups is 4. The number of fused-ring (bicyclic) bond motifs is 1. The second-order valence-corrected chi connectivity index (χ2v) is 8.01. The molecule has 0 spiro atoms. The predicted octanol–water partition coefficient (Wildman–Crippen LogP) is 3.16. The lowest BCUT2D eigenvalue weighted by Gasteiger charge is -2.19. The summed E-state index contributed by atoms with van der Waals surface area (Å²) in [5, 5.41) is 3.01. The fourth-order valence-electron chi connectivity index (χ4n) is 3.70. The van der Waals surface area contributed by atoms with E-state index in [0.717, 1.165) is 11.3 Å². The molecule has 2 aromatic carbocycles. The molecule has 0 unspecified atom stereocenters. The van der Waals surface area contributed by atoms with E-state index >= 15 is 0 Å². The first-order valence-corrected chi connectivity index (χ1v) is 10.5. The van der Waals surface area contributed by atoms with Crippen molar-refractivity contribution in [3.05, 3.63) is 64.2 Å². The van der Waals surface area contributed by atoms with Gasteiger partial charge in [0, 0.05) is 29.7 Å². The van der Waals surface area contributed by atoms with Crippen LogP contribution >= 0.6 is 11.6 Å². The maximum atomic E-state index is 12.8. The number of nitrogens with one attached hydrogen (secondary N) is 1. The Kier molecular flexibility index (Phi) is 7.15. The zero-order chi connectivity index (χ0) is 23.4. The highest BCUT2D eigenvalue weighted by Crippen LogP contribution is 2.29. The molecule has 0 aromatic heterocycles. The second kappa shape index (κ2) is 9.82. The van der Waals surface area contributed by atoms with Gasteiger partial charge in [-0.2, -0.15) is 0 Å². The monoisotopic (exact) mass is 457 g/mol. The summed E-state index contributed by atoms with van der Waals surface area (Å²) >= 11 is 5.89. The molecule has 0 aliphatic carbocycles. The highest BCUT2D eigenvalue weighted by atomic mass is 35.5. The third-order valence-electron chi connectivity index (χ3n) is 5.28. The third kappa shape index (κ3) is 5.45. The van der Waals surface area contributed by atoms with Gasteiger partial charge < -0.3 is 20.7 Å². The van der Waals surface area contributed by atoms with Crippen LogP contribution in [0.1, 0.15) is 47.8 Å². The van der Waals surface area contributed by atoms with E-state index in [1.807, 2.05) is 0 Å². The first-order chi connectivity index (χ1) is 15.2. The van der Waals surface area contributed by atoms with Crippen LogP contribution < -0.4 is 16.0 Å². The summed E-state index contributed by atoms with van der Waals surface area (Å²) in [6, 6.07) is 10.2. The number of carbonyl (C=O) groups excluding carboxylic acids is 4. The van der Waals surface area contributed by atoms with Gasteiger partial charge in [0.05, 0.1) is 12.5 Å². The summed E-state index contributed by atoms with van der Waals surface area (Å²) in [6.07, 6.45) is -0.573. The molecule has 32 heavy (non-hydrogen) atoms. The molecule has 3 amide bonds. The van der Waals surface area contributed by atoms with Gasteiger partial charge in [-0.3, -0.25) is 14.4 Å². The Labute approximate surface area is 190 Å². The summed E-state index contributed by atoms with van der Waals surface area (Å²) in [5.74, 6) is -1.07. The summed E-state index contributed by atoms with van der Waals surface area (Å²) in [6.45, 7) is 3.57. The van der Waals surface area contributed by atoms with Crippen molar-refractivity contribution in [1.82, 2.24) is 5.32 Å². The van der Waals surface area contributed by atoms with Crippen molar-refractivity contribution in [3.8, 4) is 0 Å². The second-order valence-electron chi connectivity index (χ2n) is 7.58. The fourth-order valence-corrected chi connectivity index (χ4v) is 3.83. The normalized spacial score (nSPS) is 14.3. The first-order valence-electron chi connectivity index (χ1n) is 10.1. The molecule has 3 rings (SSSR count). The minimum atomic E-state index is -1.02. The Morgan fingerprint density at radius 2 is 1.84 bits per heavy atom. The highest BCUT2D eigenvalue weighted by molar-refractivity contribution is 6.30. The largest absolute Gasteiger partial charge is 0.454 e. The average Bonchev–Trinajstić information content (AvgIpc) is 3.16. The summed E-state index contributed by atoms with van der Waals surface area (Å²) < 4.78 is 5.33. The van der Waals surface area contributed by atoms with Crippen molar-refractivity contribution < 1.29 is 23.9 Å². The zero-order valence-electron chi connectivity index (χ0n) is 17.8. The van der Waals surface area contributed by atoms with E-state index in [1.54, 1.807) is 47.4 Å². The maximum absolute atomic E-state index is 12.8. The van der Waals surface area contributed by atoms with Crippen LogP contribution in [0.2, 0.25) is 5.02 Å².